The number of fused-ring (bicyclic) bond motifs is 4. The number of imidazole rings is 2. The van der Waals surface area contributed by atoms with Crippen molar-refractivity contribution in [2.75, 3.05) is 62.4 Å². The van der Waals surface area contributed by atoms with Crippen molar-refractivity contribution in [3.8, 4) is 22.8 Å². The van der Waals surface area contributed by atoms with Gasteiger partial charge in [-0.2, -0.15) is 10.6 Å². The van der Waals surface area contributed by atoms with Crippen molar-refractivity contribution >= 4 is 61.1 Å². The summed E-state index contributed by atoms with van der Waals surface area (Å²) < 4.78 is 44.1. The second-order valence-electron chi connectivity index (χ2n) is 16.4. The molecule has 354 valence electrons. The second-order valence-corrected chi connectivity index (χ2v) is 16.4. The predicted octanol–water partition coefficient (Wildman–Crippen LogP) is 9.13. The van der Waals surface area contributed by atoms with Crippen molar-refractivity contribution in [3.63, 3.8) is 0 Å². The van der Waals surface area contributed by atoms with E-state index < -0.39 is 11.6 Å². The van der Waals surface area contributed by atoms with Crippen LogP contribution in [0.5, 0.6) is 0 Å². The fourth-order valence-electron chi connectivity index (χ4n) is 9.11. The Bertz CT molecular complexity index is 3340. The van der Waals surface area contributed by atoms with Crippen LogP contribution in [-0.4, -0.2) is 103 Å². The number of aromatic amines is 1. The summed E-state index contributed by atoms with van der Waals surface area (Å²) >= 11 is 0. The maximum atomic E-state index is 14.6. The number of rotatable bonds is 9. The third-order valence-electron chi connectivity index (χ3n) is 12.1. The molecule has 4 aromatic carbocycles. The summed E-state index contributed by atoms with van der Waals surface area (Å²) in [5.41, 5.74) is 23.7. The predicted molar refractivity (Wildman–Crippen MR) is 265 cm³/mol. The van der Waals surface area contributed by atoms with Crippen LogP contribution in [0.4, 0.5) is 20.2 Å². The Morgan fingerprint density at radius 3 is 2.14 bits per heavy atom. The Labute approximate surface area is 396 Å². The summed E-state index contributed by atoms with van der Waals surface area (Å²) in [7, 11) is 0. The number of anilines is 2. The van der Waals surface area contributed by atoms with Gasteiger partial charge in [-0.15, -0.1) is 5.10 Å². The lowest BCUT2D eigenvalue weighted by molar-refractivity contribution is 0.122. The number of hydrogen-bond donors (Lipinski definition) is 3. The number of morpholine rings is 2. The number of aryl methyl sites for hydroxylation is 3. The lowest BCUT2D eigenvalue weighted by Gasteiger charge is -2.29. The van der Waals surface area contributed by atoms with E-state index in [0.29, 0.717) is 55.3 Å². The third kappa shape index (κ3) is 9.05. The molecular weight excluding hydrogens is 881 g/mol. The van der Waals surface area contributed by atoms with Crippen molar-refractivity contribution in [2.45, 2.75) is 47.5 Å². The van der Waals surface area contributed by atoms with E-state index in [-0.39, 0.29) is 11.4 Å². The molecule has 0 bridgehead atoms. The van der Waals surface area contributed by atoms with Gasteiger partial charge in [-0.3, -0.25) is 24.2 Å². The summed E-state index contributed by atoms with van der Waals surface area (Å²) in [6, 6.07) is 22.4. The number of ether oxygens (including phenoxy) is 2. The highest BCUT2D eigenvalue weighted by molar-refractivity contribution is 6.09. The van der Waals surface area contributed by atoms with E-state index in [2.05, 4.69) is 87.1 Å². The number of amidine groups is 1. The molecule has 0 unspecified atom stereocenters. The number of benzene rings is 4. The van der Waals surface area contributed by atoms with Crippen LogP contribution in [0.25, 0.3) is 66.6 Å². The molecule has 17 nitrogen and oxygen atoms in total. The lowest BCUT2D eigenvalue weighted by Crippen LogP contribution is -2.36. The van der Waals surface area contributed by atoms with Gasteiger partial charge in [0, 0.05) is 83.8 Å². The molecule has 0 saturated carbocycles. The van der Waals surface area contributed by atoms with E-state index in [0.717, 1.165) is 112 Å². The van der Waals surface area contributed by atoms with Crippen LogP contribution in [0.3, 0.4) is 0 Å². The van der Waals surface area contributed by atoms with E-state index in [1.165, 1.54) is 12.4 Å². The SMILES string of the molecule is CC.CCCc1nc2c(-c3ncn[nH]3)cc(N3CCOCC3)cc2n1-c1ccnc2c(F)cc(F)cc12.Cc1cc(-n2c(C)nc3c(/C(N)=N/N=N)cc(N4CCOCC4)cc32)c2ccccc2n1. The van der Waals surface area contributed by atoms with Crippen LogP contribution in [0.1, 0.15) is 50.1 Å². The standard InChI is InChI=1S/C25H23F2N7O.C23H24N8O.C2H6/c1-2-3-22-31-24-18(25-29-14-30-32-25)12-16(33-6-8-35-9-7-33)13-21(24)34(22)20-4-5-28-23-17(20)10-15(26)11-19(23)27;1-14-11-20(17-5-3-4-6-19(17)26-14)31-15(2)27-22-18(23(24)28-29-25)12-16(13-21(22)31)30-7-9-32-10-8-30;1-2/h4-5,10-14H,2-3,6-9H2,1H3,(H,29,30,32);3-6,11-13H,7-10H2,1-2H3,(H3,24,25,28);1-2H3. The number of nitrogens with one attached hydrogen (secondary N) is 2. The van der Waals surface area contributed by atoms with Crippen LogP contribution < -0.4 is 15.5 Å². The van der Waals surface area contributed by atoms with Crippen LogP contribution in [0, 0.1) is 31.0 Å². The first kappa shape index (κ1) is 46.3. The number of pyridine rings is 2. The van der Waals surface area contributed by atoms with E-state index >= 15 is 0 Å². The van der Waals surface area contributed by atoms with Crippen LogP contribution in [0.2, 0.25) is 0 Å². The number of nitrogens with zero attached hydrogens (tertiary/aromatic N) is 12. The van der Waals surface area contributed by atoms with Crippen molar-refractivity contribution < 1.29 is 18.3 Å². The summed E-state index contributed by atoms with van der Waals surface area (Å²) in [4.78, 5) is 27.6. The minimum atomic E-state index is -0.695. The number of H-pyrrole nitrogens is 1. The van der Waals surface area contributed by atoms with Gasteiger partial charge in [-0.25, -0.2) is 23.7 Å². The minimum absolute atomic E-state index is 0.119. The van der Waals surface area contributed by atoms with Crippen LogP contribution in [0.15, 0.2) is 95.6 Å². The molecule has 0 aliphatic carbocycles. The first-order chi connectivity index (χ1) is 33.7. The number of aromatic nitrogens is 9. The molecule has 2 saturated heterocycles. The summed E-state index contributed by atoms with van der Waals surface area (Å²) in [5.74, 6) is 1.04. The fourth-order valence-corrected chi connectivity index (χ4v) is 9.11. The molecule has 0 spiro atoms. The number of para-hydroxylation sites is 1. The maximum Gasteiger partial charge on any atom is 0.157 e. The van der Waals surface area contributed by atoms with Crippen LogP contribution in [-0.2, 0) is 15.9 Å². The monoisotopic (exact) mass is 933 g/mol. The third-order valence-corrected chi connectivity index (χ3v) is 12.1. The largest absolute Gasteiger partial charge is 0.382 e. The van der Waals surface area contributed by atoms with Gasteiger partial charge in [0.25, 0.3) is 0 Å². The Balaban J connectivity index is 0.000000167. The summed E-state index contributed by atoms with van der Waals surface area (Å²) in [6.45, 7) is 15.8. The Kier molecular flexibility index (Phi) is 13.6. The molecule has 11 rings (SSSR count). The fraction of sp³-hybridized carbons (Fsp3) is 0.300. The molecule has 19 heteroatoms. The van der Waals surface area contributed by atoms with Gasteiger partial charge in [0.05, 0.1) is 54.4 Å². The maximum absolute atomic E-state index is 14.6. The smallest absolute Gasteiger partial charge is 0.157 e. The van der Waals surface area contributed by atoms with Gasteiger partial charge in [0.15, 0.2) is 17.5 Å². The Morgan fingerprint density at radius 2 is 1.46 bits per heavy atom. The number of hydrogen-bond acceptors (Lipinski definition) is 12. The van der Waals surface area contributed by atoms with Gasteiger partial charge >= 0.3 is 0 Å². The van der Waals surface area contributed by atoms with Gasteiger partial charge in [0.2, 0.25) is 0 Å². The van der Waals surface area contributed by atoms with E-state index in [9.17, 15) is 8.78 Å². The van der Waals surface area contributed by atoms with E-state index in [1.807, 2.05) is 56.5 Å². The topological polar surface area (TPSA) is 203 Å². The molecule has 0 radical (unpaired) electrons. The highest BCUT2D eigenvalue weighted by Crippen LogP contribution is 2.37. The molecule has 0 atom stereocenters. The van der Waals surface area contributed by atoms with Crippen molar-refractivity contribution in [1.82, 2.24) is 44.3 Å². The van der Waals surface area contributed by atoms with Gasteiger partial charge in [-0.1, -0.05) is 44.2 Å². The van der Waals surface area contributed by atoms with Crippen LogP contribution >= 0.6 is 0 Å². The average Bonchev–Trinajstić information content (AvgIpc) is 4.12. The Hall–Kier alpha value is -7.77. The molecule has 69 heavy (non-hydrogen) atoms. The number of halogens is 2. The molecule has 9 aromatic rings. The molecular formula is C50H53F2N15O2. The first-order valence-corrected chi connectivity index (χ1v) is 23.1. The zero-order valence-electron chi connectivity index (χ0n) is 39.2. The molecule has 2 fully saturated rings. The highest BCUT2D eigenvalue weighted by atomic mass is 19.1. The van der Waals surface area contributed by atoms with Gasteiger partial charge < -0.3 is 25.0 Å². The molecule has 2 aliphatic rings. The zero-order chi connectivity index (χ0) is 48.2. The summed E-state index contributed by atoms with van der Waals surface area (Å²) in [5, 5.41) is 15.4. The molecule has 7 heterocycles. The number of nitrogens with two attached hydrogens (primary N) is 1. The second kappa shape index (κ2) is 20.2. The molecule has 2 aliphatic heterocycles. The van der Waals surface area contributed by atoms with E-state index in [4.69, 9.17) is 30.7 Å². The van der Waals surface area contributed by atoms with E-state index in [1.54, 1.807) is 12.3 Å². The minimum Gasteiger partial charge on any atom is -0.382 e. The first-order valence-electron chi connectivity index (χ1n) is 23.1. The molecule has 4 N–H and O–H groups in total. The Morgan fingerprint density at radius 1 is 0.768 bits per heavy atom. The lowest BCUT2D eigenvalue weighted by atomic mass is 10.1. The average molecular weight is 934 g/mol. The van der Waals surface area contributed by atoms with Crippen molar-refractivity contribution in [2.24, 2.45) is 16.1 Å². The summed E-state index contributed by atoms with van der Waals surface area (Å²) in [6.07, 6.45) is 4.54. The van der Waals surface area contributed by atoms with Crippen molar-refractivity contribution in [3.05, 3.63) is 120 Å². The van der Waals surface area contributed by atoms with Gasteiger partial charge in [-0.05, 0) is 68.8 Å². The highest BCUT2D eigenvalue weighted by Gasteiger charge is 2.24. The van der Waals surface area contributed by atoms with Gasteiger partial charge in [0.1, 0.15) is 40.3 Å². The zero-order valence-corrected chi connectivity index (χ0v) is 39.2. The molecule has 0 amide bonds. The molecule has 5 aromatic heterocycles. The quantitative estimate of drug-likeness (QED) is 0.0539. The van der Waals surface area contributed by atoms with Crippen molar-refractivity contribution in [1.29, 1.82) is 5.53 Å². The normalized spacial score (nSPS) is 14.3.